The lowest BCUT2D eigenvalue weighted by Crippen LogP contribution is -2.44. The first kappa shape index (κ1) is 14.0. The minimum absolute atomic E-state index is 0.174. The highest BCUT2D eigenvalue weighted by atomic mass is 16.5. The molecule has 0 spiro atoms. The van der Waals surface area contributed by atoms with Crippen LogP contribution < -0.4 is 5.32 Å². The summed E-state index contributed by atoms with van der Waals surface area (Å²) in [6.45, 7) is 6.14. The molecule has 0 saturated carbocycles. The Hall–Kier alpha value is -1.39. The average molecular weight is 262 g/mol. The molecule has 1 fully saturated rings. The molecule has 1 amide bonds. The number of carbonyl (C=O) groups excluding carboxylic acids is 1. The summed E-state index contributed by atoms with van der Waals surface area (Å²) in [7, 11) is 0. The number of benzene rings is 1. The van der Waals surface area contributed by atoms with Crippen molar-refractivity contribution in [3.8, 4) is 0 Å². The van der Waals surface area contributed by atoms with Crippen molar-refractivity contribution in [2.75, 3.05) is 39.4 Å². The van der Waals surface area contributed by atoms with Gasteiger partial charge in [-0.05, 0) is 31.0 Å². The zero-order valence-electron chi connectivity index (χ0n) is 11.5. The van der Waals surface area contributed by atoms with Crippen LogP contribution in [0.5, 0.6) is 0 Å². The minimum atomic E-state index is 0.174. The second kappa shape index (κ2) is 7.26. The predicted octanol–water partition coefficient (Wildman–Crippen LogP) is 0.986. The third kappa shape index (κ3) is 4.33. The molecule has 19 heavy (non-hydrogen) atoms. The van der Waals surface area contributed by atoms with Gasteiger partial charge in [-0.15, -0.1) is 0 Å². The van der Waals surface area contributed by atoms with Gasteiger partial charge >= 0.3 is 0 Å². The molecule has 0 aromatic heterocycles. The van der Waals surface area contributed by atoms with E-state index in [4.69, 9.17) is 4.74 Å². The summed E-state index contributed by atoms with van der Waals surface area (Å²) in [5.74, 6) is 0.174. The number of nitrogens with zero attached hydrogens (tertiary/aromatic N) is 1. The number of carbonyl (C=O) groups is 1. The molecule has 1 N–H and O–H groups in total. The number of aryl methyl sites for hydroxylation is 1. The van der Waals surface area contributed by atoms with Crippen molar-refractivity contribution in [2.24, 2.45) is 0 Å². The van der Waals surface area contributed by atoms with Crippen molar-refractivity contribution in [3.63, 3.8) is 0 Å². The van der Waals surface area contributed by atoms with Gasteiger partial charge in [0.2, 0.25) is 5.91 Å². The van der Waals surface area contributed by atoms with Gasteiger partial charge in [0.1, 0.15) is 0 Å². The predicted molar refractivity (Wildman–Crippen MR) is 75.2 cm³/mol. The van der Waals surface area contributed by atoms with E-state index in [1.54, 1.807) is 0 Å². The number of hydrogen-bond acceptors (Lipinski definition) is 3. The molecule has 1 aromatic rings. The normalized spacial score (nSPS) is 15.5. The Labute approximate surface area is 114 Å². The first-order valence-corrected chi connectivity index (χ1v) is 6.88. The van der Waals surface area contributed by atoms with Gasteiger partial charge in [0.05, 0.1) is 19.8 Å². The smallest absolute Gasteiger partial charge is 0.236 e. The molecule has 1 saturated heterocycles. The van der Waals surface area contributed by atoms with E-state index in [2.05, 4.69) is 30.4 Å². The Bertz CT molecular complexity index is 414. The molecular weight excluding hydrogens is 240 g/mol. The lowest BCUT2D eigenvalue weighted by molar-refractivity contribution is -0.134. The summed E-state index contributed by atoms with van der Waals surface area (Å²) in [5, 5.41) is 3.23. The van der Waals surface area contributed by atoms with Crippen molar-refractivity contribution in [2.45, 2.75) is 13.3 Å². The lowest BCUT2D eigenvalue weighted by Gasteiger charge is -2.26. The van der Waals surface area contributed by atoms with Gasteiger partial charge in [0, 0.05) is 13.1 Å². The first-order valence-electron chi connectivity index (χ1n) is 6.88. The molecule has 0 atom stereocenters. The van der Waals surface area contributed by atoms with Crippen LogP contribution in [0, 0.1) is 6.92 Å². The van der Waals surface area contributed by atoms with Crippen molar-refractivity contribution in [1.29, 1.82) is 0 Å². The summed E-state index contributed by atoms with van der Waals surface area (Å²) in [5.41, 5.74) is 2.65. The zero-order chi connectivity index (χ0) is 13.5. The summed E-state index contributed by atoms with van der Waals surface area (Å²) in [6.07, 6.45) is 0.961. The van der Waals surface area contributed by atoms with Gasteiger partial charge in [-0.1, -0.05) is 24.3 Å². The highest BCUT2D eigenvalue weighted by Gasteiger charge is 2.15. The van der Waals surface area contributed by atoms with E-state index < -0.39 is 0 Å². The third-order valence-corrected chi connectivity index (χ3v) is 3.47. The van der Waals surface area contributed by atoms with E-state index >= 15 is 0 Å². The quantitative estimate of drug-likeness (QED) is 0.805. The van der Waals surface area contributed by atoms with Crippen LogP contribution in [0.25, 0.3) is 0 Å². The summed E-state index contributed by atoms with van der Waals surface area (Å²) >= 11 is 0. The molecule has 4 nitrogen and oxygen atoms in total. The van der Waals surface area contributed by atoms with Crippen LogP contribution in [0.1, 0.15) is 11.1 Å². The standard InChI is InChI=1S/C15H22N2O2/c1-13-4-2-3-5-14(13)6-7-16-12-15(18)17-8-10-19-11-9-17/h2-5,16H,6-12H2,1H3. The van der Waals surface area contributed by atoms with Gasteiger partial charge in [0.15, 0.2) is 0 Å². The zero-order valence-corrected chi connectivity index (χ0v) is 11.5. The van der Waals surface area contributed by atoms with E-state index in [-0.39, 0.29) is 5.91 Å². The van der Waals surface area contributed by atoms with Crippen LogP contribution in [0.3, 0.4) is 0 Å². The van der Waals surface area contributed by atoms with E-state index in [9.17, 15) is 4.79 Å². The molecule has 0 aliphatic carbocycles. The Morgan fingerprint density at radius 3 is 2.79 bits per heavy atom. The van der Waals surface area contributed by atoms with Gasteiger partial charge in [-0.3, -0.25) is 4.79 Å². The molecule has 0 radical (unpaired) electrons. The van der Waals surface area contributed by atoms with Gasteiger partial charge in [0.25, 0.3) is 0 Å². The monoisotopic (exact) mass is 262 g/mol. The molecule has 4 heteroatoms. The Morgan fingerprint density at radius 1 is 1.32 bits per heavy atom. The summed E-state index contributed by atoms with van der Waals surface area (Å²) < 4.78 is 5.23. The maximum Gasteiger partial charge on any atom is 0.236 e. The first-order chi connectivity index (χ1) is 9.27. The van der Waals surface area contributed by atoms with Crippen LogP contribution in [-0.2, 0) is 16.0 Å². The van der Waals surface area contributed by atoms with Crippen LogP contribution in [-0.4, -0.2) is 50.2 Å². The van der Waals surface area contributed by atoms with Gasteiger partial charge < -0.3 is 15.0 Å². The Morgan fingerprint density at radius 2 is 2.05 bits per heavy atom. The molecule has 0 bridgehead atoms. The fourth-order valence-corrected chi connectivity index (χ4v) is 2.23. The second-order valence-electron chi connectivity index (χ2n) is 4.85. The molecule has 0 unspecified atom stereocenters. The van der Waals surface area contributed by atoms with Crippen LogP contribution in [0.4, 0.5) is 0 Å². The summed E-state index contributed by atoms with van der Waals surface area (Å²) in [6, 6.07) is 8.37. The van der Waals surface area contributed by atoms with E-state index in [0.717, 1.165) is 26.1 Å². The Balaban J connectivity index is 1.66. The van der Waals surface area contributed by atoms with E-state index in [1.807, 2.05) is 11.0 Å². The number of nitrogens with one attached hydrogen (secondary N) is 1. The molecule has 1 aliphatic heterocycles. The molecular formula is C15H22N2O2. The van der Waals surface area contributed by atoms with Crippen molar-refractivity contribution in [3.05, 3.63) is 35.4 Å². The van der Waals surface area contributed by atoms with Crippen LogP contribution in [0.15, 0.2) is 24.3 Å². The minimum Gasteiger partial charge on any atom is -0.378 e. The highest BCUT2D eigenvalue weighted by molar-refractivity contribution is 5.78. The summed E-state index contributed by atoms with van der Waals surface area (Å²) in [4.78, 5) is 13.7. The number of rotatable bonds is 5. The topological polar surface area (TPSA) is 41.6 Å². The number of hydrogen-bond donors (Lipinski definition) is 1. The average Bonchev–Trinajstić information content (AvgIpc) is 2.46. The lowest BCUT2D eigenvalue weighted by atomic mass is 10.1. The van der Waals surface area contributed by atoms with Crippen LogP contribution in [0.2, 0.25) is 0 Å². The molecule has 1 aromatic carbocycles. The van der Waals surface area contributed by atoms with Crippen LogP contribution >= 0.6 is 0 Å². The fourth-order valence-electron chi connectivity index (χ4n) is 2.23. The second-order valence-corrected chi connectivity index (χ2v) is 4.85. The third-order valence-electron chi connectivity index (χ3n) is 3.47. The SMILES string of the molecule is Cc1ccccc1CCNCC(=O)N1CCOCC1. The maximum absolute atomic E-state index is 11.9. The molecule has 2 rings (SSSR count). The van der Waals surface area contributed by atoms with Crippen molar-refractivity contribution >= 4 is 5.91 Å². The van der Waals surface area contributed by atoms with Crippen molar-refractivity contribution < 1.29 is 9.53 Å². The Kier molecular flexibility index (Phi) is 5.36. The van der Waals surface area contributed by atoms with Gasteiger partial charge in [-0.25, -0.2) is 0 Å². The van der Waals surface area contributed by atoms with E-state index in [1.165, 1.54) is 11.1 Å². The number of amides is 1. The molecule has 1 aliphatic rings. The number of morpholine rings is 1. The maximum atomic E-state index is 11.9. The fraction of sp³-hybridized carbons (Fsp3) is 0.533. The largest absolute Gasteiger partial charge is 0.378 e. The highest BCUT2D eigenvalue weighted by Crippen LogP contribution is 2.06. The van der Waals surface area contributed by atoms with Gasteiger partial charge in [-0.2, -0.15) is 0 Å². The van der Waals surface area contributed by atoms with Crippen molar-refractivity contribution in [1.82, 2.24) is 10.2 Å². The van der Waals surface area contributed by atoms with E-state index in [0.29, 0.717) is 19.8 Å². The molecule has 1 heterocycles. The number of ether oxygens (including phenoxy) is 1. The molecule has 104 valence electrons.